The molecule has 0 bridgehead atoms. The summed E-state index contributed by atoms with van der Waals surface area (Å²) < 4.78 is 37.1. The third-order valence-corrected chi connectivity index (χ3v) is 2.81. The first-order chi connectivity index (χ1) is 9.38. The van der Waals surface area contributed by atoms with Crippen LogP contribution in [0.1, 0.15) is 24.8 Å². The second kappa shape index (κ2) is 5.44. The number of aliphatic hydroxyl groups is 1. The Kier molecular flexibility index (Phi) is 3.87. The Morgan fingerprint density at radius 3 is 2.25 bits per heavy atom. The lowest BCUT2D eigenvalue weighted by Crippen LogP contribution is -2.09. The number of ketones is 1. The highest BCUT2D eigenvalue weighted by Gasteiger charge is 2.29. The van der Waals surface area contributed by atoms with Gasteiger partial charge in [-0.25, -0.2) is 0 Å². The van der Waals surface area contributed by atoms with Gasteiger partial charge < -0.3 is 5.11 Å². The number of hydrogen-bond acceptors (Lipinski definition) is 4. The van der Waals surface area contributed by atoms with Crippen LogP contribution in [-0.2, 0) is 11.0 Å². The minimum absolute atomic E-state index is 0.115. The predicted octanol–water partition coefficient (Wildman–Crippen LogP) is 4.31. The lowest BCUT2D eigenvalue weighted by atomic mass is 10.0. The van der Waals surface area contributed by atoms with E-state index in [4.69, 9.17) is 0 Å². The smallest absolute Gasteiger partial charge is 0.416 e. The van der Waals surface area contributed by atoms with Crippen LogP contribution in [-0.4, -0.2) is 10.9 Å². The van der Waals surface area contributed by atoms with Gasteiger partial charge in [0.2, 0.25) is 0 Å². The molecule has 0 saturated carbocycles. The molecule has 0 saturated heterocycles. The van der Waals surface area contributed by atoms with Gasteiger partial charge in [0.25, 0.3) is 0 Å². The molecule has 1 aromatic carbocycles. The molecule has 1 N–H and O–H groups in total. The average Bonchev–Trinajstić information content (AvgIpc) is 2.37. The fourth-order valence-corrected chi connectivity index (χ4v) is 1.75. The van der Waals surface area contributed by atoms with Gasteiger partial charge in [0.15, 0.2) is 11.5 Å². The second-order valence-corrected chi connectivity index (χ2v) is 4.32. The molecule has 0 spiro atoms. The van der Waals surface area contributed by atoms with Crippen LogP contribution in [0.4, 0.5) is 18.9 Å². The van der Waals surface area contributed by atoms with Gasteiger partial charge in [-0.2, -0.15) is 18.3 Å². The summed E-state index contributed by atoms with van der Waals surface area (Å²) in [7, 11) is 0. The van der Waals surface area contributed by atoms with E-state index in [-0.39, 0.29) is 29.3 Å². The standard InChI is InChI=1S/C13H11F3N2O2/c14-13(15,16)8-4-6-9(7-5-8)17-18-12-10(19)2-1-3-11(12)20/h4-7,19H,1-3H2. The van der Waals surface area contributed by atoms with Gasteiger partial charge >= 0.3 is 6.18 Å². The first-order valence-electron chi connectivity index (χ1n) is 5.92. The van der Waals surface area contributed by atoms with Gasteiger partial charge in [0.1, 0.15) is 5.76 Å². The highest BCUT2D eigenvalue weighted by atomic mass is 19.4. The van der Waals surface area contributed by atoms with Crippen molar-refractivity contribution in [3.05, 3.63) is 41.3 Å². The molecular weight excluding hydrogens is 273 g/mol. The van der Waals surface area contributed by atoms with Crippen LogP contribution in [0.25, 0.3) is 0 Å². The van der Waals surface area contributed by atoms with E-state index in [0.29, 0.717) is 12.8 Å². The fraction of sp³-hybridized carbons (Fsp3) is 0.308. The summed E-state index contributed by atoms with van der Waals surface area (Å²) in [4.78, 5) is 11.5. The molecule has 0 aliphatic heterocycles. The van der Waals surface area contributed by atoms with Gasteiger partial charge in [-0.15, -0.1) is 5.11 Å². The van der Waals surface area contributed by atoms with Crippen molar-refractivity contribution in [2.24, 2.45) is 10.2 Å². The van der Waals surface area contributed by atoms with E-state index in [1.165, 1.54) is 0 Å². The van der Waals surface area contributed by atoms with Crippen molar-refractivity contribution in [2.75, 3.05) is 0 Å². The number of Topliss-reactive ketones (excluding diaryl/α,β-unsaturated/α-hetero) is 1. The van der Waals surface area contributed by atoms with Crippen molar-refractivity contribution in [2.45, 2.75) is 25.4 Å². The Morgan fingerprint density at radius 2 is 1.70 bits per heavy atom. The quantitative estimate of drug-likeness (QED) is 0.822. The number of azo groups is 1. The molecule has 1 aliphatic carbocycles. The molecule has 106 valence electrons. The van der Waals surface area contributed by atoms with Gasteiger partial charge in [-0.1, -0.05) is 0 Å². The topological polar surface area (TPSA) is 62.0 Å². The van der Waals surface area contributed by atoms with Crippen LogP contribution in [0.2, 0.25) is 0 Å². The van der Waals surface area contributed by atoms with E-state index >= 15 is 0 Å². The minimum Gasteiger partial charge on any atom is -0.510 e. The zero-order valence-corrected chi connectivity index (χ0v) is 10.3. The predicted molar refractivity (Wildman–Crippen MR) is 64.5 cm³/mol. The molecule has 0 unspecified atom stereocenters. The highest BCUT2D eigenvalue weighted by molar-refractivity contribution is 5.96. The molecule has 0 atom stereocenters. The Bertz CT molecular complexity index is 574. The summed E-state index contributed by atoms with van der Waals surface area (Å²) in [6, 6.07) is 4.06. The maximum atomic E-state index is 12.4. The van der Waals surface area contributed by atoms with E-state index in [1.54, 1.807) is 0 Å². The Hall–Kier alpha value is -2.18. The highest BCUT2D eigenvalue weighted by Crippen LogP contribution is 2.30. The van der Waals surface area contributed by atoms with Crippen LogP contribution in [0.5, 0.6) is 0 Å². The van der Waals surface area contributed by atoms with Crippen LogP contribution in [0.15, 0.2) is 46.0 Å². The normalized spacial score (nSPS) is 17.1. The lowest BCUT2D eigenvalue weighted by Gasteiger charge is -2.10. The van der Waals surface area contributed by atoms with Crippen LogP contribution < -0.4 is 0 Å². The lowest BCUT2D eigenvalue weighted by molar-refractivity contribution is -0.137. The van der Waals surface area contributed by atoms with Crippen molar-refractivity contribution < 1.29 is 23.1 Å². The molecule has 0 radical (unpaired) electrons. The molecule has 7 heteroatoms. The number of aliphatic hydroxyl groups excluding tert-OH is 1. The summed E-state index contributed by atoms with van der Waals surface area (Å²) in [5.41, 5.74) is -0.722. The molecule has 2 rings (SSSR count). The molecule has 0 heterocycles. The van der Waals surface area contributed by atoms with Gasteiger partial charge in [0, 0.05) is 12.8 Å². The summed E-state index contributed by atoms with van der Waals surface area (Å²) in [6.07, 6.45) is -3.21. The first kappa shape index (κ1) is 14.2. The fourth-order valence-electron chi connectivity index (χ4n) is 1.75. The number of allylic oxidation sites excluding steroid dienone is 2. The zero-order valence-electron chi connectivity index (χ0n) is 10.3. The van der Waals surface area contributed by atoms with Crippen molar-refractivity contribution in [3.8, 4) is 0 Å². The third-order valence-electron chi connectivity index (χ3n) is 2.81. The van der Waals surface area contributed by atoms with E-state index < -0.39 is 11.7 Å². The van der Waals surface area contributed by atoms with Crippen molar-refractivity contribution in [1.82, 2.24) is 0 Å². The summed E-state index contributed by atoms with van der Waals surface area (Å²) >= 11 is 0. The van der Waals surface area contributed by atoms with Gasteiger partial charge in [0.05, 0.1) is 11.3 Å². The second-order valence-electron chi connectivity index (χ2n) is 4.32. The number of carbonyl (C=O) groups excluding carboxylic acids is 1. The minimum atomic E-state index is -4.41. The molecule has 20 heavy (non-hydrogen) atoms. The summed E-state index contributed by atoms with van der Waals surface area (Å²) in [6.45, 7) is 0. The number of halogens is 3. The average molecular weight is 284 g/mol. The van der Waals surface area contributed by atoms with Crippen molar-refractivity contribution in [1.29, 1.82) is 0 Å². The van der Waals surface area contributed by atoms with Crippen LogP contribution >= 0.6 is 0 Å². The SMILES string of the molecule is O=C1CCCC(O)=C1N=Nc1ccc(C(F)(F)F)cc1. The third kappa shape index (κ3) is 3.23. The molecule has 1 aliphatic rings. The maximum Gasteiger partial charge on any atom is 0.416 e. The largest absolute Gasteiger partial charge is 0.510 e. The molecule has 0 fully saturated rings. The van der Waals surface area contributed by atoms with Crippen LogP contribution in [0.3, 0.4) is 0 Å². The monoisotopic (exact) mass is 284 g/mol. The Morgan fingerprint density at radius 1 is 1.05 bits per heavy atom. The van der Waals surface area contributed by atoms with E-state index in [2.05, 4.69) is 10.2 Å². The Labute approximate surface area is 112 Å². The van der Waals surface area contributed by atoms with E-state index in [0.717, 1.165) is 24.3 Å². The zero-order chi connectivity index (χ0) is 14.8. The molecule has 4 nitrogen and oxygen atoms in total. The summed E-state index contributed by atoms with van der Waals surface area (Å²) in [5.74, 6) is -0.443. The van der Waals surface area contributed by atoms with E-state index in [1.807, 2.05) is 0 Å². The van der Waals surface area contributed by atoms with Crippen molar-refractivity contribution >= 4 is 11.5 Å². The van der Waals surface area contributed by atoms with E-state index in [9.17, 15) is 23.1 Å². The van der Waals surface area contributed by atoms with Crippen molar-refractivity contribution in [3.63, 3.8) is 0 Å². The molecule has 0 aromatic heterocycles. The maximum absolute atomic E-state index is 12.4. The number of hydrogen-bond donors (Lipinski definition) is 1. The number of carbonyl (C=O) groups is 1. The number of nitrogens with zero attached hydrogens (tertiary/aromatic N) is 2. The molecule has 1 aromatic rings. The number of alkyl halides is 3. The first-order valence-corrected chi connectivity index (χ1v) is 5.92. The van der Waals surface area contributed by atoms with Gasteiger partial charge in [-0.05, 0) is 30.7 Å². The molecular formula is C13H11F3N2O2. The Balaban J connectivity index is 2.18. The summed E-state index contributed by atoms with van der Waals surface area (Å²) in [5, 5.41) is 16.8. The molecule has 0 amide bonds. The van der Waals surface area contributed by atoms with Crippen LogP contribution in [0, 0.1) is 0 Å². The number of benzene rings is 1. The number of rotatable bonds is 2. The van der Waals surface area contributed by atoms with Gasteiger partial charge in [-0.3, -0.25) is 4.79 Å².